The van der Waals surface area contributed by atoms with Crippen molar-refractivity contribution in [3.05, 3.63) is 59.7 Å². The van der Waals surface area contributed by atoms with Crippen LogP contribution in [0.25, 0.3) is 11.4 Å². The number of hydrogen-bond donors (Lipinski definition) is 2. The van der Waals surface area contributed by atoms with E-state index < -0.39 is 0 Å². The third-order valence-electron chi connectivity index (χ3n) is 3.11. The highest BCUT2D eigenvalue weighted by Crippen LogP contribution is 2.27. The maximum absolute atomic E-state index is 9.81. The Kier molecular flexibility index (Phi) is 3.92. The van der Waals surface area contributed by atoms with E-state index in [0.717, 1.165) is 5.75 Å². The van der Waals surface area contributed by atoms with Crippen molar-refractivity contribution in [2.75, 3.05) is 0 Å². The lowest BCUT2D eigenvalue weighted by atomic mass is 10.2. The molecule has 4 nitrogen and oxygen atoms in total. The van der Waals surface area contributed by atoms with E-state index >= 15 is 0 Å². The number of para-hydroxylation sites is 1. The van der Waals surface area contributed by atoms with E-state index in [1.807, 2.05) is 12.1 Å². The lowest BCUT2D eigenvalue weighted by Gasteiger charge is -1.99. The minimum absolute atomic E-state index is 0.198. The van der Waals surface area contributed by atoms with Gasteiger partial charge in [-0.25, -0.2) is 4.98 Å². The van der Waals surface area contributed by atoms with Gasteiger partial charge in [0.05, 0.1) is 5.56 Å². The number of nitrogens with zero attached hydrogens (tertiary/aromatic N) is 2. The molecule has 3 rings (SSSR count). The molecule has 0 bridgehead atoms. The predicted octanol–water partition coefficient (Wildman–Crippen LogP) is 3.78. The van der Waals surface area contributed by atoms with E-state index in [9.17, 15) is 5.11 Å². The Labute approximate surface area is 127 Å². The van der Waals surface area contributed by atoms with Crippen molar-refractivity contribution in [2.45, 2.75) is 17.8 Å². The first-order valence-corrected chi connectivity index (χ1v) is 7.60. The molecule has 1 heterocycles. The second-order valence-corrected chi connectivity index (χ2v) is 5.70. The fraction of sp³-hybridized carbons (Fsp3) is 0.125. The van der Waals surface area contributed by atoms with Crippen LogP contribution in [0.15, 0.2) is 53.7 Å². The second kappa shape index (κ2) is 6.01. The van der Waals surface area contributed by atoms with Crippen LogP contribution < -0.4 is 0 Å². The molecule has 3 aromatic rings. The summed E-state index contributed by atoms with van der Waals surface area (Å²) in [4.78, 5) is 4.41. The van der Waals surface area contributed by atoms with Crippen LogP contribution in [0.5, 0.6) is 5.75 Å². The topological polar surface area (TPSA) is 61.8 Å². The van der Waals surface area contributed by atoms with Crippen LogP contribution in [-0.2, 0) is 5.75 Å². The minimum atomic E-state index is 0.198. The van der Waals surface area contributed by atoms with Crippen LogP contribution in [0.3, 0.4) is 0 Å². The minimum Gasteiger partial charge on any atom is -0.507 e. The summed E-state index contributed by atoms with van der Waals surface area (Å²) < 4.78 is 0. The molecule has 2 N–H and O–H groups in total. The zero-order valence-corrected chi connectivity index (χ0v) is 12.4. The molecule has 0 atom stereocenters. The van der Waals surface area contributed by atoms with Gasteiger partial charge in [-0.2, -0.15) is 0 Å². The van der Waals surface area contributed by atoms with Crippen molar-refractivity contribution in [1.29, 1.82) is 0 Å². The van der Waals surface area contributed by atoms with Crippen molar-refractivity contribution in [1.82, 2.24) is 15.2 Å². The average Bonchev–Trinajstić information content (AvgIpc) is 2.96. The largest absolute Gasteiger partial charge is 0.507 e. The Morgan fingerprint density at radius 1 is 1.10 bits per heavy atom. The molecule has 5 heteroatoms. The standard InChI is InChI=1S/C16H15N3OS/c1-11-6-8-12(9-7-11)10-21-16-17-15(18-19-16)13-4-2-3-5-14(13)20/h2-9,20H,10H2,1H3,(H,17,18,19). The van der Waals surface area contributed by atoms with E-state index in [2.05, 4.69) is 46.4 Å². The molecular formula is C16H15N3OS. The quantitative estimate of drug-likeness (QED) is 0.719. The SMILES string of the molecule is Cc1ccc(CSc2n[nH]c(-c3ccccc3O)n2)cc1. The van der Waals surface area contributed by atoms with Crippen molar-refractivity contribution in [3.63, 3.8) is 0 Å². The van der Waals surface area contributed by atoms with E-state index in [-0.39, 0.29) is 5.75 Å². The summed E-state index contributed by atoms with van der Waals surface area (Å²) >= 11 is 1.57. The highest BCUT2D eigenvalue weighted by atomic mass is 32.2. The molecule has 0 fully saturated rings. The Morgan fingerprint density at radius 2 is 1.86 bits per heavy atom. The number of aromatic nitrogens is 3. The first-order chi connectivity index (χ1) is 10.2. The Balaban J connectivity index is 1.71. The van der Waals surface area contributed by atoms with Gasteiger partial charge in [-0.1, -0.05) is 53.7 Å². The van der Waals surface area contributed by atoms with Crippen LogP contribution >= 0.6 is 11.8 Å². The number of thioether (sulfide) groups is 1. The van der Waals surface area contributed by atoms with E-state index in [1.54, 1.807) is 23.9 Å². The lowest BCUT2D eigenvalue weighted by Crippen LogP contribution is -1.83. The Morgan fingerprint density at radius 3 is 2.62 bits per heavy atom. The van der Waals surface area contributed by atoms with E-state index in [4.69, 9.17) is 0 Å². The van der Waals surface area contributed by atoms with Crippen LogP contribution in [0, 0.1) is 6.92 Å². The number of aromatic hydroxyl groups is 1. The Bertz CT molecular complexity index is 737. The number of phenolic OH excluding ortho intramolecular Hbond substituents is 1. The van der Waals surface area contributed by atoms with Gasteiger partial charge in [-0.05, 0) is 24.6 Å². The van der Waals surface area contributed by atoms with Gasteiger partial charge in [-0.15, -0.1) is 5.10 Å². The summed E-state index contributed by atoms with van der Waals surface area (Å²) in [6.07, 6.45) is 0. The first kappa shape index (κ1) is 13.7. The monoisotopic (exact) mass is 297 g/mol. The predicted molar refractivity (Wildman–Crippen MR) is 84.2 cm³/mol. The zero-order valence-electron chi connectivity index (χ0n) is 11.6. The number of rotatable bonds is 4. The summed E-state index contributed by atoms with van der Waals surface area (Å²) in [7, 11) is 0. The van der Waals surface area contributed by atoms with Gasteiger partial charge in [0.2, 0.25) is 5.16 Å². The molecule has 0 aliphatic rings. The van der Waals surface area contributed by atoms with Crippen molar-refractivity contribution < 1.29 is 5.11 Å². The van der Waals surface area contributed by atoms with Gasteiger partial charge in [0.25, 0.3) is 0 Å². The number of nitrogens with one attached hydrogen (secondary N) is 1. The van der Waals surface area contributed by atoms with Gasteiger partial charge in [0.15, 0.2) is 5.82 Å². The molecule has 0 saturated carbocycles. The molecule has 0 aliphatic heterocycles. The number of aromatic amines is 1. The van der Waals surface area contributed by atoms with Crippen LogP contribution in [-0.4, -0.2) is 20.3 Å². The third-order valence-corrected chi connectivity index (χ3v) is 4.03. The summed E-state index contributed by atoms with van der Waals surface area (Å²) in [5.41, 5.74) is 3.15. The fourth-order valence-electron chi connectivity index (χ4n) is 1.94. The van der Waals surface area contributed by atoms with E-state index in [0.29, 0.717) is 16.5 Å². The van der Waals surface area contributed by atoms with Gasteiger partial charge in [-0.3, -0.25) is 5.10 Å². The number of hydrogen-bond acceptors (Lipinski definition) is 4. The maximum Gasteiger partial charge on any atom is 0.209 e. The van der Waals surface area contributed by atoms with Gasteiger partial charge in [0.1, 0.15) is 5.75 Å². The molecule has 0 aliphatic carbocycles. The van der Waals surface area contributed by atoms with Gasteiger partial charge in [0, 0.05) is 5.75 Å². The molecular weight excluding hydrogens is 282 g/mol. The molecule has 106 valence electrons. The third kappa shape index (κ3) is 3.25. The molecule has 0 unspecified atom stereocenters. The first-order valence-electron chi connectivity index (χ1n) is 6.61. The molecule has 0 spiro atoms. The number of H-pyrrole nitrogens is 1. The average molecular weight is 297 g/mol. The van der Waals surface area contributed by atoms with Crippen LogP contribution in [0.4, 0.5) is 0 Å². The molecule has 0 saturated heterocycles. The van der Waals surface area contributed by atoms with Gasteiger partial charge >= 0.3 is 0 Å². The Hall–Kier alpha value is -2.27. The highest BCUT2D eigenvalue weighted by molar-refractivity contribution is 7.98. The van der Waals surface area contributed by atoms with E-state index in [1.165, 1.54) is 11.1 Å². The van der Waals surface area contributed by atoms with Crippen molar-refractivity contribution in [3.8, 4) is 17.1 Å². The van der Waals surface area contributed by atoms with Crippen molar-refractivity contribution >= 4 is 11.8 Å². The zero-order chi connectivity index (χ0) is 14.7. The fourth-order valence-corrected chi connectivity index (χ4v) is 2.69. The van der Waals surface area contributed by atoms with Crippen LogP contribution in [0.1, 0.15) is 11.1 Å². The molecule has 2 aromatic carbocycles. The lowest BCUT2D eigenvalue weighted by molar-refractivity contribution is 0.477. The summed E-state index contributed by atoms with van der Waals surface area (Å²) in [6.45, 7) is 2.07. The highest BCUT2D eigenvalue weighted by Gasteiger charge is 2.09. The van der Waals surface area contributed by atoms with Crippen molar-refractivity contribution in [2.24, 2.45) is 0 Å². The smallest absolute Gasteiger partial charge is 0.209 e. The summed E-state index contributed by atoms with van der Waals surface area (Å²) in [5.74, 6) is 1.60. The molecule has 21 heavy (non-hydrogen) atoms. The summed E-state index contributed by atoms with van der Waals surface area (Å²) in [6, 6.07) is 15.5. The molecule has 0 radical (unpaired) electrons. The summed E-state index contributed by atoms with van der Waals surface area (Å²) in [5, 5.41) is 17.5. The number of benzene rings is 2. The maximum atomic E-state index is 9.81. The van der Waals surface area contributed by atoms with Crippen LogP contribution in [0.2, 0.25) is 0 Å². The molecule has 0 amide bonds. The molecule has 1 aromatic heterocycles. The second-order valence-electron chi connectivity index (χ2n) is 4.76. The number of phenols is 1. The number of aryl methyl sites for hydroxylation is 1. The normalized spacial score (nSPS) is 10.7. The van der Waals surface area contributed by atoms with Gasteiger partial charge < -0.3 is 5.11 Å².